The first-order valence-electron chi connectivity index (χ1n) is 6.94. The van der Waals surface area contributed by atoms with Crippen molar-refractivity contribution in [3.05, 3.63) is 65.3 Å². The lowest BCUT2D eigenvalue weighted by molar-refractivity contribution is 0.539. The second-order valence-electron chi connectivity index (χ2n) is 5.27. The summed E-state index contributed by atoms with van der Waals surface area (Å²) in [5.41, 5.74) is 4.78. The van der Waals surface area contributed by atoms with Crippen LogP contribution in [0.4, 0.5) is 4.39 Å². The number of fused-ring (bicyclic) bond motifs is 1. The first-order chi connectivity index (χ1) is 9.63. The molecule has 1 aliphatic heterocycles. The number of halogens is 1. The fraction of sp³-hybridized carbons (Fsp3) is 0.333. The predicted octanol–water partition coefficient (Wildman–Crippen LogP) is 5.68. The molecule has 0 nitrogen and oxygen atoms in total. The summed E-state index contributed by atoms with van der Waals surface area (Å²) in [4.78, 5) is 1.37. The summed E-state index contributed by atoms with van der Waals surface area (Å²) < 4.78 is 12.4. The third-order valence-electron chi connectivity index (χ3n) is 3.68. The Morgan fingerprint density at radius 3 is 2.95 bits per heavy atom. The van der Waals surface area contributed by atoms with Crippen LogP contribution in [-0.2, 0) is 0 Å². The number of rotatable bonds is 4. The van der Waals surface area contributed by atoms with Crippen LogP contribution in [0.2, 0.25) is 0 Å². The molecule has 1 aromatic carbocycles. The van der Waals surface area contributed by atoms with E-state index < -0.39 is 6.67 Å². The van der Waals surface area contributed by atoms with E-state index in [1.165, 1.54) is 21.6 Å². The molecule has 1 aromatic rings. The van der Waals surface area contributed by atoms with Gasteiger partial charge in [-0.05, 0) is 36.1 Å². The van der Waals surface area contributed by atoms with Gasteiger partial charge < -0.3 is 0 Å². The summed E-state index contributed by atoms with van der Waals surface area (Å²) in [6, 6.07) is 8.60. The first-order valence-corrected chi connectivity index (χ1v) is 7.92. The average molecular weight is 288 g/mol. The summed E-state index contributed by atoms with van der Waals surface area (Å²) in [5.74, 6) is 1.40. The molecule has 0 bridgehead atoms. The standard InChI is InChI=1S/C18H21FS/c1-13(11-19)7-6-9-16-14(2)12-20-18-10-5-4-8-17(18)15(16)3/h4-6,8-10,15H,1,7,11-12H2,2-3H3. The second-order valence-corrected chi connectivity index (χ2v) is 6.29. The van der Waals surface area contributed by atoms with E-state index in [1.54, 1.807) is 0 Å². The number of alkyl halides is 1. The number of hydrogen-bond acceptors (Lipinski definition) is 1. The Hall–Kier alpha value is -1.28. The fourth-order valence-corrected chi connectivity index (χ4v) is 3.59. The van der Waals surface area contributed by atoms with Gasteiger partial charge in [0, 0.05) is 16.6 Å². The van der Waals surface area contributed by atoms with Gasteiger partial charge in [0.1, 0.15) is 6.67 Å². The van der Waals surface area contributed by atoms with Crippen molar-refractivity contribution < 1.29 is 4.39 Å². The summed E-state index contributed by atoms with van der Waals surface area (Å²) in [6.07, 6.45) is 4.81. The van der Waals surface area contributed by atoms with Gasteiger partial charge in [-0.15, -0.1) is 11.8 Å². The molecule has 1 atom stereocenters. The molecular weight excluding hydrogens is 267 g/mol. The summed E-state index contributed by atoms with van der Waals surface area (Å²) in [5, 5.41) is 0. The monoisotopic (exact) mass is 288 g/mol. The minimum atomic E-state index is -0.434. The van der Waals surface area contributed by atoms with Crippen molar-refractivity contribution in [2.24, 2.45) is 0 Å². The zero-order valence-electron chi connectivity index (χ0n) is 12.2. The van der Waals surface area contributed by atoms with Crippen molar-refractivity contribution in [1.82, 2.24) is 0 Å². The molecular formula is C18H21FS. The minimum Gasteiger partial charge on any atom is -0.246 e. The Balaban J connectivity index is 2.25. The Morgan fingerprint density at radius 2 is 2.20 bits per heavy atom. The normalized spacial score (nSPS) is 19.1. The second kappa shape index (κ2) is 6.94. The molecule has 0 saturated heterocycles. The van der Waals surface area contributed by atoms with Gasteiger partial charge in [0.15, 0.2) is 0 Å². The highest BCUT2D eigenvalue weighted by Crippen LogP contribution is 2.39. The van der Waals surface area contributed by atoms with Gasteiger partial charge >= 0.3 is 0 Å². The lowest BCUT2D eigenvalue weighted by atomic mass is 9.89. The Bertz CT molecular complexity index is 554. The van der Waals surface area contributed by atoms with E-state index in [1.807, 2.05) is 17.8 Å². The smallest absolute Gasteiger partial charge is 0.111 e. The molecule has 0 aromatic heterocycles. The third kappa shape index (κ3) is 3.43. The average Bonchev–Trinajstić information content (AvgIpc) is 2.59. The molecule has 0 amide bonds. The van der Waals surface area contributed by atoms with Gasteiger partial charge in [0.05, 0.1) is 0 Å². The topological polar surface area (TPSA) is 0 Å². The van der Waals surface area contributed by atoms with Gasteiger partial charge in [-0.2, -0.15) is 0 Å². The SMILES string of the molecule is C=C(CF)CC=CC1=C(C)CSc2ccccc2C1C. The molecule has 1 aliphatic rings. The number of benzene rings is 1. The highest BCUT2D eigenvalue weighted by molar-refractivity contribution is 7.99. The molecule has 0 radical (unpaired) electrons. The van der Waals surface area contributed by atoms with Crippen LogP contribution < -0.4 is 0 Å². The van der Waals surface area contributed by atoms with Gasteiger partial charge in [-0.1, -0.05) is 49.4 Å². The molecule has 0 spiro atoms. The van der Waals surface area contributed by atoms with E-state index in [0.717, 1.165) is 5.75 Å². The first kappa shape index (κ1) is 15.1. The van der Waals surface area contributed by atoms with Crippen LogP contribution in [0.1, 0.15) is 31.7 Å². The van der Waals surface area contributed by atoms with Crippen LogP contribution in [0.15, 0.2) is 64.6 Å². The molecule has 0 N–H and O–H groups in total. The zero-order valence-corrected chi connectivity index (χ0v) is 13.0. The number of hydrogen-bond donors (Lipinski definition) is 0. The van der Waals surface area contributed by atoms with Gasteiger partial charge in [0.25, 0.3) is 0 Å². The van der Waals surface area contributed by atoms with Crippen LogP contribution in [0.5, 0.6) is 0 Å². The van der Waals surface area contributed by atoms with Crippen molar-refractivity contribution in [2.45, 2.75) is 31.1 Å². The highest BCUT2D eigenvalue weighted by Gasteiger charge is 2.19. The zero-order chi connectivity index (χ0) is 14.5. The molecule has 0 saturated carbocycles. The third-order valence-corrected chi connectivity index (χ3v) is 4.94. The van der Waals surface area contributed by atoms with Crippen molar-refractivity contribution in [1.29, 1.82) is 0 Å². The maximum atomic E-state index is 12.4. The molecule has 1 unspecified atom stereocenters. The maximum absolute atomic E-state index is 12.4. The van der Waals surface area contributed by atoms with Crippen molar-refractivity contribution in [3.8, 4) is 0 Å². The summed E-state index contributed by atoms with van der Waals surface area (Å²) in [7, 11) is 0. The van der Waals surface area contributed by atoms with Gasteiger partial charge in [-0.25, -0.2) is 4.39 Å². The molecule has 2 rings (SSSR count). The van der Waals surface area contributed by atoms with Crippen molar-refractivity contribution in [3.63, 3.8) is 0 Å². The maximum Gasteiger partial charge on any atom is 0.111 e. The van der Waals surface area contributed by atoms with Gasteiger partial charge in [-0.3, -0.25) is 0 Å². The van der Waals surface area contributed by atoms with Crippen LogP contribution >= 0.6 is 11.8 Å². The largest absolute Gasteiger partial charge is 0.246 e. The molecule has 0 fully saturated rings. The van der Waals surface area contributed by atoms with Crippen LogP contribution in [-0.4, -0.2) is 12.4 Å². The summed E-state index contributed by atoms with van der Waals surface area (Å²) in [6.45, 7) is 7.71. The van der Waals surface area contributed by atoms with Gasteiger partial charge in [0.2, 0.25) is 0 Å². The number of allylic oxidation sites excluding steroid dienone is 4. The highest BCUT2D eigenvalue weighted by atomic mass is 32.2. The van der Waals surface area contributed by atoms with E-state index in [2.05, 4.69) is 50.8 Å². The van der Waals surface area contributed by atoms with Crippen molar-refractivity contribution in [2.75, 3.05) is 12.4 Å². The Labute approximate surface area is 125 Å². The van der Waals surface area contributed by atoms with E-state index in [-0.39, 0.29) is 0 Å². The lowest BCUT2D eigenvalue weighted by Gasteiger charge is -2.15. The van der Waals surface area contributed by atoms with Crippen molar-refractivity contribution >= 4 is 11.8 Å². The molecule has 20 heavy (non-hydrogen) atoms. The molecule has 0 aliphatic carbocycles. The fourth-order valence-electron chi connectivity index (χ4n) is 2.47. The van der Waals surface area contributed by atoms with Crippen LogP contribution in [0, 0.1) is 0 Å². The Kier molecular flexibility index (Phi) is 5.24. The van der Waals surface area contributed by atoms with E-state index in [9.17, 15) is 4.39 Å². The number of thioether (sulfide) groups is 1. The van der Waals surface area contributed by atoms with Crippen LogP contribution in [0.25, 0.3) is 0 Å². The molecule has 2 heteroatoms. The molecule has 1 heterocycles. The quantitative estimate of drug-likeness (QED) is 0.642. The van der Waals surface area contributed by atoms with Crippen LogP contribution in [0.3, 0.4) is 0 Å². The minimum absolute atomic E-state index is 0.385. The summed E-state index contributed by atoms with van der Waals surface area (Å²) >= 11 is 1.90. The van der Waals surface area contributed by atoms with E-state index in [0.29, 0.717) is 17.9 Å². The van der Waals surface area contributed by atoms with E-state index >= 15 is 0 Å². The van der Waals surface area contributed by atoms with E-state index in [4.69, 9.17) is 0 Å². The molecule has 106 valence electrons. The lowest BCUT2D eigenvalue weighted by Crippen LogP contribution is -1.98. The predicted molar refractivity (Wildman–Crippen MR) is 87.2 cm³/mol. The Morgan fingerprint density at radius 1 is 1.45 bits per heavy atom.